The lowest BCUT2D eigenvalue weighted by molar-refractivity contribution is -0.139. The van der Waals surface area contributed by atoms with E-state index in [0.29, 0.717) is 13.1 Å². The van der Waals surface area contributed by atoms with Crippen LogP contribution in [0.5, 0.6) is 0 Å². The molecule has 2 N–H and O–H groups in total. The zero-order chi connectivity index (χ0) is 14.0. The number of hydrogen-bond donors (Lipinski definition) is 2. The van der Waals surface area contributed by atoms with Gasteiger partial charge in [-0.25, -0.2) is 4.79 Å². The molecule has 1 aromatic rings. The normalized spacial score (nSPS) is 14.9. The molecule has 0 spiro atoms. The van der Waals surface area contributed by atoms with Crippen molar-refractivity contribution >= 4 is 33.6 Å². The highest BCUT2D eigenvalue weighted by Crippen LogP contribution is 2.25. The van der Waals surface area contributed by atoms with Gasteiger partial charge in [-0.3, -0.25) is 4.79 Å². The van der Waals surface area contributed by atoms with Crippen molar-refractivity contribution in [1.82, 2.24) is 4.90 Å². The van der Waals surface area contributed by atoms with Gasteiger partial charge in [-0.1, -0.05) is 22.0 Å². The van der Waals surface area contributed by atoms with E-state index in [1.54, 1.807) is 4.90 Å². The number of carbonyl (C=O) groups excluding carboxylic acids is 1. The number of carboxylic acid groups (broad SMARTS) is 1. The van der Waals surface area contributed by atoms with Crippen LogP contribution in [0.4, 0.5) is 10.5 Å². The number of rotatable bonds is 3. The smallest absolute Gasteiger partial charge is 0.321 e. The van der Waals surface area contributed by atoms with Gasteiger partial charge in [-0.2, -0.15) is 0 Å². The van der Waals surface area contributed by atoms with Crippen LogP contribution in [-0.4, -0.2) is 35.1 Å². The number of nitrogens with zero attached hydrogens (tertiary/aromatic N) is 1. The van der Waals surface area contributed by atoms with Gasteiger partial charge in [0, 0.05) is 29.2 Å². The Hall–Kier alpha value is -1.56. The summed E-state index contributed by atoms with van der Waals surface area (Å²) in [5.41, 5.74) is 1.74. The first kappa shape index (κ1) is 13.9. The molecule has 0 atom stereocenters. The summed E-state index contributed by atoms with van der Waals surface area (Å²) in [5, 5.41) is 11.5. The Kier molecular flexibility index (Phi) is 4.09. The van der Waals surface area contributed by atoms with Crippen molar-refractivity contribution in [2.24, 2.45) is 5.92 Å². The Bertz CT molecular complexity index is 513. The molecule has 1 heterocycles. The quantitative estimate of drug-likeness (QED) is 0.897. The second kappa shape index (κ2) is 5.61. The standard InChI is InChI=1S/C13H15BrN2O3/c1-8-10(14)3-2-4-11(8)15-13(19)16-6-9(7-16)5-12(17)18/h2-4,9H,5-7H2,1H3,(H,15,19)(H,17,18). The Morgan fingerprint density at radius 1 is 1.47 bits per heavy atom. The van der Waals surface area contributed by atoms with Crippen molar-refractivity contribution in [1.29, 1.82) is 0 Å². The molecule has 1 fully saturated rings. The molecule has 0 unspecified atom stereocenters. The Labute approximate surface area is 119 Å². The third-order valence-corrected chi connectivity index (χ3v) is 4.08. The number of carbonyl (C=O) groups is 2. The molecule has 19 heavy (non-hydrogen) atoms. The first-order chi connectivity index (χ1) is 8.97. The molecule has 1 saturated heterocycles. The van der Waals surface area contributed by atoms with Crippen LogP contribution in [-0.2, 0) is 4.79 Å². The molecule has 6 heteroatoms. The van der Waals surface area contributed by atoms with Crippen LogP contribution in [0.1, 0.15) is 12.0 Å². The van der Waals surface area contributed by atoms with E-state index in [9.17, 15) is 9.59 Å². The van der Waals surface area contributed by atoms with Gasteiger partial charge in [0.1, 0.15) is 0 Å². The monoisotopic (exact) mass is 326 g/mol. The number of urea groups is 1. The van der Waals surface area contributed by atoms with E-state index in [0.717, 1.165) is 15.7 Å². The summed E-state index contributed by atoms with van der Waals surface area (Å²) in [6.45, 7) is 2.93. The molecule has 0 saturated carbocycles. The molecule has 2 amide bonds. The SMILES string of the molecule is Cc1c(Br)cccc1NC(=O)N1CC(CC(=O)O)C1. The van der Waals surface area contributed by atoms with Crippen LogP contribution >= 0.6 is 15.9 Å². The van der Waals surface area contributed by atoms with Crippen molar-refractivity contribution in [2.75, 3.05) is 18.4 Å². The average Bonchev–Trinajstić information content (AvgIpc) is 2.28. The predicted molar refractivity (Wildman–Crippen MR) is 75.2 cm³/mol. The lowest BCUT2D eigenvalue weighted by Gasteiger charge is -2.38. The Balaban J connectivity index is 1.89. The highest BCUT2D eigenvalue weighted by atomic mass is 79.9. The average molecular weight is 327 g/mol. The molecule has 2 rings (SSSR count). The lowest BCUT2D eigenvalue weighted by atomic mass is 9.97. The van der Waals surface area contributed by atoms with Gasteiger partial charge in [0.25, 0.3) is 0 Å². The number of amides is 2. The number of aliphatic carboxylic acids is 1. The highest BCUT2D eigenvalue weighted by molar-refractivity contribution is 9.10. The number of halogens is 1. The molecule has 0 aliphatic carbocycles. The second-order valence-corrected chi connectivity index (χ2v) is 5.57. The van der Waals surface area contributed by atoms with Crippen molar-refractivity contribution < 1.29 is 14.7 Å². The summed E-state index contributed by atoms with van der Waals surface area (Å²) >= 11 is 3.41. The maximum Gasteiger partial charge on any atom is 0.321 e. The predicted octanol–water partition coefficient (Wildman–Crippen LogP) is 2.70. The summed E-state index contributed by atoms with van der Waals surface area (Å²) in [6, 6.07) is 5.43. The summed E-state index contributed by atoms with van der Waals surface area (Å²) in [6.07, 6.45) is 0.125. The van der Waals surface area contributed by atoms with Gasteiger partial charge < -0.3 is 15.3 Å². The fourth-order valence-electron chi connectivity index (χ4n) is 2.05. The van der Waals surface area contributed by atoms with Gasteiger partial charge >= 0.3 is 12.0 Å². The van der Waals surface area contributed by atoms with E-state index >= 15 is 0 Å². The van der Waals surface area contributed by atoms with Crippen LogP contribution < -0.4 is 5.32 Å². The summed E-state index contributed by atoms with van der Waals surface area (Å²) in [7, 11) is 0. The van der Waals surface area contributed by atoms with E-state index in [2.05, 4.69) is 21.2 Å². The van der Waals surface area contributed by atoms with Crippen LogP contribution in [0, 0.1) is 12.8 Å². The van der Waals surface area contributed by atoms with E-state index < -0.39 is 5.97 Å². The van der Waals surface area contributed by atoms with Crippen molar-refractivity contribution in [3.63, 3.8) is 0 Å². The molecule has 0 aromatic heterocycles. The lowest BCUT2D eigenvalue weighted by Crippen LogP contribution is -2.52. The third kappa shape index (κ3) is 3.26. The fourth-order valence-corrected chi connectivity index (χ4v) is 2.42. The second-order valence-electron chi connectivity index (χ2n) is 4.71. The first-order valence-electron chi connectivity index (χ1n) is 6.00. The van der Waals surface area contributed by atoms with E-state index in [4.69, 9.17) is 5.11 Å². The van der Waals surface area contributed by atoms with E-state index in [-0.39, 0.29) is 18.4 Å². The van der Waals surface area contributed by atoms with Crippen molar-refractivity contribution in [3.05, 3.63) is 28.2 Å². The summed E-state index contributed by atoms with van der Waals surface area (Å²) in [5.74, 6) is -0.736. The minimum Gasteiger partial charge on any atom is -0.481 e. The topological polar surface area (TPSA) is 69.6 Å². The van der Waals surface area contributed by atoms with E-state index in [1.807, 2.05) is 25.1 Å². The van der Waals surface area contributed by atoms with Crippen LogP contribution in [0.2, 0.25) is 0 Å². The Morgan fingerprint density at radius 3 is 2.79 bits per heavy atom. The van der Waals surface area contributed by atoms with Crippen molar-refractivity contribution in [2.45, 2.75) is 13.3 Å². The van der Waals surface area contributed by atoms with Gasteiger partial charge in [0.2, 0.25) is 0 Å². The molecule has 1 aliphatic heterocycles. The molecule has 1 aromatic carbocycles. The highest BCUT2D eigenvalue weighted by Gasteiger charge is 2.32. The maximum absolute atomic E-state index is 11.9. The van der Waals surface area contributed by atoms with Gasteiger partial charge in [-0.05, 0) is 24.6 Å². The number of likely N-dealkylation sites (tertiary alicyclic amines) is 1. The zero-order valence-corrected chi connectivity index (χ0v) is 12.1. The minimum atomic E-state index is -0.812. The van der Waals surface area contributed by atoms with Gasteiger partial charge in [0.15, 0.2) is 0 Å². The van der Waals surface area contributed by atoms with E-state index in [1.165, 1.54) is 0 Å². The van der Waals surface area contributed by atoms with Crippen molar-refractivity contribution in [3.8, 4) is 0 Å². The minimum absolute atomic E-state index is 0.0758. The largest absolute Gasteiger partial charge is 0.481 e. The molecule has 102 valence electrons. The Morgan fingerprint density at radius 2 is 2.16 bits per heavy atom. The summed E-state index contributed by atoms with van der Waals surface area (Å²) in [4.78, 5) is 24.1. The number of carboxylic acids is 1. The molecule has 0 bridgehead atoms. The van der Waals surface area contributed by atoms with Gasteiger partial charge in [0.05, 0.1) is 6.42 Å². The van der Waals surface area contributed by atoms with Crippen LogP contribution in [0.3, 0.4) is 0 Å². The van der Waals surface area contributed by atoms with Gasteiger partial charge in [-0.15, -0.1) is 0 Å². The van der Waals surface area contributed by atoms with Crippen LogP contribution in [0.15, 0.2) is 22.7 Å². The molecular weight excluding hydrogens is 312 g/mol. The first-order valence-corrected chi connectivity index (χ1v) is 6.79. The number of hydrogen-bond acceptors (Lipinski definition) is 2. The molecule has 5 nitrogen and oxygen atoms in total. The third-order valence-electron chi connectivity index (χ3n) is 3.22. The number of anilines is 1. The fraction of sp³-hybridized carbons (Fsp3) is 0.385. The zero-order valence-electron chi connectivity index (χ0n) is 10.5. The van der Waals surface area contributed by atoms with Crippen LogP contribution in [0.25, 0.3) is 0 Å². The number of benzene rings is 1. The molecule has 0 radical (unpaired) electrons. The summed E-state index contributed by atoms with van der Waals surface area (Å²) < 4.78 is 0.942. The maximum atomic E-state index is 11.9. The number of nitrogens with one attached hydrogen (secondary N) is 1. The molecule has 1 aliphatic rings. The molecular formula is C13H15BrN2O3.